The molecule has 0 N–H and O–H groups in total. The minimum atomic E-state index is 0.630. The van der Waals surface area contributed by atoms with E-state index in [4.69, 9.17) is 0 Å². The summed E-state index contributed by atoms with van der Waals surface area (Å²) in [6.45, 7) is 0. The molecule has 0 unspecified atom stereocenters. The molecule has 0 spiro atoms. The molecule has 0 saturated carbocycles. The molecule has 0 bridgehead atoms. The molecule has 0 saturated heterocycles. The molecule has 0 aliphatic rings. The molecule has 6 heteroatoms. The zero-order chi connectivity index (χ0) is 9.26. The number of hydrogen-bond acceptors (Lipinski definition) is 3. The van der Waals surface area contributed by atoms with Crippen molar-refractivity contribution in [1.82, 2.24) is 19.5 Å². The largest absolute Gasteiger partial charge is 0.263 e. The van der Waals surface area contributed by atoms with Gasteiger partial charge < -0.3 is 0 Å². The zero-order valence-electron chi connectivity index (χ0n) is 6.35. The fourth-order valence-corrected chi connectivity index (χ4v) is 1.61. The number of imidazole rings is 1. The molecule has 4 nitrogen and oxygen atoms in total. The van der Waals surface area contributed by atoms with Crippen LogP contribution in [0.15, 0.2) is 29.3 Å². The number of halogens is 2. The number of aromatic nitrogens is 4. The van der Waals surface area contributed by atoms with Crippen LogP contribution in [0.25, 0.3) is 5.95 Å². The Morgan fingerprint density at radius 3 is 2.46 bits per heavy atom. The van der Waals surface area contributed by atoms with Crippen molar-refractivity contribution in [2.45, 2.75) is 0 Å². The molecule has 0 radical (unpaired) electrons. The molecule has 66 valence electrons. The quantitative estimate of drug-likeness (QED) is 0.739. The second-order valence-corrected chi connectivity index (χ2v) is 4.15. The molecule has 2 aromatic rings. The minimum Gasteiger partial charge on any atom is -0.263 e. The summed E-state index contributed by atoms with van der Waals surface area (Å²) in [5, 5.41) is 0. The van der Waals surface area contributed by atoms with E-state index in [9.17, 15) is 0 Å². The normalized spacial score (nSPS) is 10.3. The van der Waals surface area contributed by atoms with E-state index in [2.05, 4.69) is 53.5 Å². The Balaban J connectivity index is 2.47. The number of nitrogens with zero attached hydrogens (tertiary/aromatic N) is 4. The molecular formula is C7H4BrIN4. The van der Waals surface area contributed by atoms with Gasteiger partial charge in [0.05, 0.1) is 4.47 Å². The van der Waals surface area contributed by atoms with Crippen molar-refractivity contribution in [2.24, 2.45) is 0 Å². The molecule has 0 aliphatic heterocycles. The second kappa shape index (κ2) is 3.70. The van der Waals surface area contributed by atoms with Crippen LogP contribution < -0.4 is 0 Å². The predicted molar refractivity (Wildman–Crippen MR) is 59.6 cm³/mol. The van der Waals surface area contributed by atoms with E-state index in [1.54, 1.807) is 18.6 Å². The molecular weight excluding hydrogens is 347 g/mol. The molecule has 0 fully saturated rings. The van der Waals surface area contributed by atoms with Crippen LogP contribution >= 0.6 is 38.5 Å². The van der Waals surface area contributed by atoms with Gasteiger partial charge in [0.1, 0.15) is 0 Å². The van der Waals surface area contributed by atoms with Gasteiger partial charge in [-0.2, -0.15) is 0 Å². The van der Waals surface area contributed by atoms with Crippen LogP contribution in [0.5, 0.6) is 0 Å². The zero-order valence-corrected chi connectivity index (χ0v) is 10.1. The fourth-order valence-electron chi connectivity index (χ4n) is 0.864. The molecule has 0 aromatic carbocycles. The highest BCUT2D eigenvalue weighted by atomic mass is 127. The highest BCUT2D eigenvalue weighted by molar-refractivity contribution is 14.1. The highest BCUT2D eigenvalue weighted by Gasteiger charge is 2.02. The maximum absolute atomic E-state index is 4.14. The summed E-state index contributed by atoms with van der Waals surface area (Å²) in [5.41, 5.74) is 0. The van der Waals surface area contributed by atoms with Gasteiger partial charge in [0.15, 0.2) is 3.83 Å². The van der Waals surface area contributed by atoms with Crippen LogP contribution in [0, 0.1) is 3.83 Å². The first-order valence-corrected chi connectivity index (χ1v) is 5.31. The summed E-state index contributed by atoms with van der Waals surface area (Å²) < 4.78 is 3.53. The average Bonchev–Trinajstić information content (AvgIpc) is 2.53. The third-order valence-corrected chi connectivity index (χ3v) is 2.63. The van der Waals surface area contributed by atoms with E-state index in [0.29, 0.717) is 5.95 Å². The van der Waals surface area contributed by atoms with Crippen molar-refractivity contribution in [3.8, 4) is 5.95 Å². The molecule has 0 aliphatic carbocycles. The van der Waals surface area contributed by atoms with Crippen LogP contribution in [0.2, 0.25) is 0 Å². The van der Waals surface area contributed by atoms with Crippen molar-refractivity contribution in [3.05, 3.63) is 33.1 Å². The van der Waals surface area contributed by atoms with E-state index < -0.39 is 0 Å². The minimum absolute atomic E-state index is 0.630. The van der Waals surface area contributed by atoms with E-state index in [1.165, 1.54) is 0 Å². The van der Waals surface area contributed by atoms with E-state index in [0.717, 1.165) is 8.30 Å². The van der Waals surface area contributed by atoms with Crippen molar-refractivity contribution in [2.75, 3.05) is 0 Å². The molecule has 0 atom stereocenters. The Hall–Kier alpha value is -0.500. The summed E-state index contributed by atoms with van der Waals surface area (Å²) >= 11 is 5.40. The fraction of sp³-hybridized carbons (Fsp3) is 0. The van der Waals surface area contributed by atoms with Crippen molar-refractivity contribution in [3.63, 3.8) is 0 Å². The molecule has 2 rings (SSSR count). The Morgan fingerprint density at radius 2 is 1.92 bits per heavy atom. The first kappa shape index (κ1) is 9.07. The first-order valence-electron chi connectivity index (χ1n) is 3.44. The maximum Gasteiger partial charge on any atom is 0.235 e. The van der Waals surface area contributed by atoms with Gasteiger partial charge in [-0.05, 0) is 15.9 Å². The van der Waals surface area contributed by atoms with Crippen LogP contribution in [0.1, 0.15) is 0 Å². The first-order chi connectivity index (χ1) is 6.27. The van der Waals surface area contributed by atoms with E-state index in [1.807, 2.05) is 10.8 Å². The Labute approximate surface area is 96.7 Å². The van der Waals surface area contributed by atoms with Gasteiger partial charge in [-0.25, -0.2) is 15.0 Å². The van der Waals surface area contributed by atoms with Crippen LogP contribution in [0.4, 0.5) is 0 Å². The lowest BCUT2D eigenvalue weighted by atomic mass is 10.7. The second-order valence-electron chi connectivity index (χ2n) is 2.27. The summed E-state index contributed by atoms with van der Waals surface area (Å²) in [6.07, 6.45) is 6.95. The van der Waals surface area contributed by atoms with Crippen molar-refractivity contribution in [1.29, 1.82) is 0 Å². The van der Waals surface area contributed by atoms with Gasteiger partial charge in [0, 0.05) is 47.4 Å². The number of hydrogen-bond donors (Lipinski definition) is 0. The van der Waals surface area contributed by atoms with Crippen LogP contribution in [-0.2, 0) is 0 Å². The predicted octanol–water partition coefficient (Wildman–Crippen LogP) is 2.03. The van der Waals surface area contributed by atoms with Gasteiger partial charge in [-0.3, -0.25) is 4.57 Å². The Kier molecular flexibility index (Phi) is 2.58. The SMILES string of the molecule is Brc1cnc(-n2ccnc2I)nc1. The van der Waals surface area contributed by atoms with Gasteiger partial charge in [-0.1, -0.05) is 0 Å². The third kappa shape index (κ3) is 1.88. The summed E-state index contributed by atoms with van der Waals surface area (Å²) in [6, 6.07) is 0. The van der Waals surface area contributed by atoms with Gasteiger partial charge in [-0.15, -0.1) is 0 Å². The standard InChI is InChI=1S/C7H4BrIN4/c8-5-3-11-7(12-4-5)13-2-1-10-6(13)9/h1-4H. The third-order valence-electron chi connectivity index (χ3n) is 1.42. The van der Waals surface area contributed by atoms with Gasteiger partial charge in [0.2, 0.25) is 5.95 Å². The lowest BCUT2D eigenvalue weighted by Gasteiger charge is -2.00. The smallest absolute Gasteiger partial charge is 0.235 e. The number of rotatable bonds is 1. The molecule has 2 heterocycles. The topological polar surface area (TPSA) is 43.6 Å². The van der Waals surface area contributed by atoms with E-state index >= 15 is 0 Å². The van der Waals surface area contributed by atoms with E-state index in [-0.39, 0.29) is 0 Å². The lowest BCUT2D eigenvalue weighted by Crippen LogP contribution is -2.00. The highest BCUT2D eigenvalue weighted by Crippen LogP contribution is 2.10. The summed E-state index contributed by atoms with van der Waals surface area (Å²) in [4.78, 5) is 12.4. The summed E-state index contributed by atoms with van der Waals surface area (Å²) in [7, 11) is 0. The summed E-state index contributed by atoms with van der Waals surface area (Å²) in [5.74, 6) is 0.630. The van der Waals surface area contributed by atoms with Gasteiger partial charge >= 0.3 is 0 Å². The molecule has 0 amide bonds. The molecule has 2 aromatic heterocycles. The van der Waals surface area contributed by atoms with Crippen LogP contribution in [-0.4, -0.2) is 19.5 Å². The maximum atomic E-state index is 4.14. The van der Waals surface area contributed by atoms with Gasteiger partial charge in [0.25, 0.3) is 0 Å². The van der Waals surface area contributed by atoms with Crippen molar-refractivity contribution >= 4 is 38.5 Å². The Bertz CT molecular complexity index is 411. The van der Waals surface area contributed by atoms with Crippen molar-refractivity contribution < 1.29 is 0 Å². The lowest BCUT2D eigenvalue weighted by molar-refractivity contribution is 0.896. The Morgan fingerprint density at radius 1 is 1.23 bits per heavy atom. The van der Waals surface area contributed by atoms with Crippen LogP contribution in [0.3, 0.4) is 0 Å². The monoisotopic (exact) mass is 350 g/mol. The molecule has 13 heavy (non-hydrogen) atoms. The average molecular weight is 351 g/mol.